The molecule has 7 nitrogen and oxygen atoms in total. The van der Waals surface area contributed by atoms with Crippen LogP contribution < -0.4 is 20.7 Å². The third-order valence-electron chi connectivity index (χ3n) is 5.08. The zero-order valence-corrected chi connectivity index (χ0v) is 18.1. The van der Waals surface area contributed by atoms with Crippen LogP contribution in [-0.4, -0.2) is 36.0 Å². The van der Waals surface area contributed by atoms with Gasteiger partial charge in [-0.3, -0.25) is 10.1 Å². The molecule has 1 aromatic heterocycles. The number of thiazole rings is 1. The molecule has 0 fully saturated rings. The standard InChI is InChI=1S/C23H25N5O2S/c1-16-25-12-9-23(28(16)18-6-7-19-21(14-18)31-15-27-19)26-11-8-17-4-2-3-5-20(17)30-13-10-22(24)29/h2-7,9,12,14-15,23,26H,8,10-11,13H2,1H3,(H2,24,29). The molecule has 1 atom stereocenters. The van der Waals surface area contributed by atoms with Crippen LogP contribution in [0.1, 0.15) is 18.9 Å². The van der Waals surface area contributed by atoms with Gasteiger partial charge in [0, 0.05) is 18.4 Å². The molecule has 160 valence electrons. The Bertz CT molecular complexity index is 1120. The van der Waals surface area contributed by atoms with Gasteiger partial charge in [-0.05, 0) is 49.2 Å². The van der Waals surface area contributed by atoms with E-state index in [4.69, 9.17) is 10.5 Å². The lowest BCUT2D eigenvalue weighted by Crippen LogP contribution is -2.49. The molecule has 31 heavy (non-hydrogen) atoms. The Kier molecular flexibility index (Phi) is 6.59. The summed E-state index contributed by atoms with van der Waals surface area (Å²) >= 11 is 1.63. The van der Waals surface area contributed by atoms with Gasteiger partial charge in [-0.2, -0.15) is 0 Å². The fourth-order valence-corrected chi connectivity index (χ4v) is 4.26. The van der Waals surface area contributed by atoms with Crippen molar-refractivity contribution in [3.8, 4) is 5.75 Å². The second kappa shape index (κ2) is 9.72. The van der Waals surface area contributed by atoms with Crippen LogP contribution in [0.25, 0.3) is 10.2 Å². The summed E-state index contributed by atoms with van der Waals surface area (Å²) in [6, 6.07) is 14.2. The van der Waals surface area contributed by atoms with E-state index < -0.39 is 0 Å². The number of nitrogens with two attached hydrogens (primary N) is 1. The zero-order valence-electron chi connectivity index (χ0n) is 17.3. The molecule has 1 aliphatic rings. The molecule has 0 saturated carbocycles. The Balaban J connectivity index is 1.42. The number of amides is 1. The number of nitrogens with zero attached hydrogens (tertiary/aromatic N) is 3. The summed E-state index contributed by atoms with van der Waals surface area (Å²) < 4.78 is 6.91. The number of para-hydroxylation sites is 1. The Labute approximate surface area is 185 Å². The number of benzene rings is 2. The van der Waals surface area contributed by atoms with Gasteiger partial charge in [-0.25, -0.2) is 9.98 Å². The van der Waals surface area contributed by atoms with E-state index in [9.17, 15) is 4.79 Å². The van der Waals surface area contributed by atoms with Crippen molar-refractivity contribution < 1.29 is 9.53 Å². The van der Waals surface area contributed by atoms with Crippen LogP contribution in [0.5, 0.6) is 5.75 Å². The van der Waals surface area contributed by atoms with Crippen molar-refractivity contribution in [2.45, 2.75) is 25.9 Å². The van der Waals surface area contributed by atoms with E-state index in [1.54, 1.807) is 11.3 Å². The number of anilines is 1. The van der Waals surface area contributed by atoms with E-state index in [2.05, 4.69) is 38.4 Å². The Hall–Kier alpha value is -3.23. The molecule has 2 aromatic carbocycles. The summed E-state index contributed by atoms with van der Waals surface area (Å²) in [5.41, 5.74) is 10.2. The molecule has 0 bridgehead atoms. The number of nitrogens with one attached hydrogen (secondary N) is 1. The molecule has 0 aliphatic carbocycles. The lowest BCUT2D eigenvalue weighted by Gasteiger charge is -2.34. The third kappa shape index (κ3) is 5.10. The van der Waals surface area contributed by atoms with Crippen molar-refractivity contribution in [2.24, 2.45) is 10.7 Å². The number of hydrogen-bond acceptors (Lipinski definition) is 7. The van der Waals surface area contributed by atoms with E-state index in [1.807, 2.05) is 49.0 Å². The third-order valence-corrected chi connectivity index (χ3v) is 5.87. The minimum absolute atomic E-state index is 0.00851. The molecule has 0 saturated heterocycles. The number of carbonyl (C=O) groups excluding carboxylic acids is 1. The number of primary amides is 1. The number of ether oxygens (including phenoxy) is 1. The van der Waals surface area contributed by atoms with Gasteiger partial charge in [0.2, 0.25) is 5.91 Å². The van der Waals surface area contributed by atoms with Crippen LogP contribution in [0.15, 0.2) is 65.2 Å². The molecule has 1 aliphatic heterocycles. The van der Waals surface area contributed by atoms with Gasteiger partial charge in [0.15, 0.2) is 0 Å². The topological polar surface area (TPSA) is 92.8 Å². The number of aliphatic imine (C=N–C) groups is 1. The van der Waals surface area contributed by atoms with E-state index in [1.165, 1.54) is 0 Å². The van der Waals surface area contributed by atoms with Crippen molar-refractivity contribution in [3.63, 3.8) is 0 Å². The summed E-state index contributed by atoms with van der Waals surface area (Å²) in [6.45, 7) is 3.04. The van der Waals surface area contributed by atoms with E-state index >= 15 is 0 Å². The van der Waals surface area contributed by atoms with E-state index in [-0.39, 0.29) is 25.1 Å². The van der Waals surface area contributed by atoms with Crippen LogP contribution in [0.2, 0.25) is 0 Å². The van der Waals surface area contributed by atoms with Gasteiger partial charge in [-0.1, -0.05) is 18.2 Å². The zero-order chi connectivity index (χ0) is 21.6. The monoisotopic (exact) mass is 435 g/mol. The lowest BCUT2D eigenvalue weighted by molar-refractivity contribution is -0.118. The van der Waals surface area contributed by atoms with Crippen molar-refractivity contribution >= 4 is 39.0 Å². The molecule has 1 unspecified atom stereocenters. The van der Waals surface area contributed by atoms with Gasteiger partial charge in [0.25, 0.3) is 0 Å². The predicted octanol–water partition coefficient (Wildman–Crippen LogP) is 3.46. The molecule has 2 heterocycles. The highest BCUT2D eigenvalue weighted by molar-refractivity contribution is 7.16. The normalized spacial score (nSPS) is 15.8. The summed E-state index contributed by atoms with van der Waals surface area (Å²) in [4.78, 5) is 22.0. The number of aromatic nitrogens is 1. The van der Waals surface area contributed by atoms with Crippen molar-refractivity contribution in [3.05, 3.63) is 65.8 Å². The summed E-state index contributed by atoms with van der Waals surface area (Å²) in [7, 11) is 0. The quantitative estimate of drug-likeness (QED) is 0.537. The van der Waals surface area contributed by atoms with Crippen LogP contribution in [0.4, 0.5) is 5.69 Å². The van der Waals surface area contributed by atoms with E-state index in [0.29, 0.717) is 0 Å². The summed E-state index contributed by atoms with van der Waals surface area (Å²) in [5.74, 6) is 1.35. The molecule has 4 rings (SSSR count). The van der Waals surface area contributed by atoms with Gasteiger partial charge in [0.1, 0.15) is 17.8 Å². The van der Waals surface area contributed by atoms with Crippen LogP contribution in [0, 0.1) is 0 Å². The lowest BCUT2D eigenvalue weighted by atomic mass is 10.1. The first kappa shape index (κ1) is 21.0. The second-order valence-electron chi connectivity index (χ2n) is 7.21. The number of fused-ring (bicyclic) bond motifs is 1. The smallest absolute Gasteiger partial charge is 0.220 e. The highest BCUT2D eigenvalue weighted by Gasteiger charge is 2.22. The van der Waals surface area contributed by atoms with Gasteiger partial charge >= 0.3 is 0 Å². The number of hydrogen-bond donors (Lipinski definition) is 2. The largest absolute Gasteiger partial charge is 0.493 e. The van der Waals surface area contributed by atoms with Crippen molar-refractivity contribution in [2.75, 3.05) is 18.1 Å². The molecule has 3 aromatic rings. The second-order valence-corrected chi connectivity index (χ2v) is 8.10. The highest BCUT2D eigenvalue weighted by atomic mass is 32.1. The SMILES string of the molecule is CC1=NC=CC(NCCc2ccccc2OCCC(N)=O)N1c1ccc2ncsc2c1. The van der Waals surface area contributed by atoms with Gasteiger partial charge in [-0.15, -0.1) is 11.3 Å². The van der Waals surface area contributed by atoms with Crippen molar-refractivity contribution in [1.82, 2.24) is 10.3 Å². The highest BCUT2D eigenvalue weighted by Crippen LogP contribution is 2.27. The maximum absolute atomic E-state index is 11.0. The molecular formula is C23H25N5O2S. The maximum atomic E-state index is 11.0. The minimum atomic E-state index is -0.364. The van der Waals surface area contributed by atoms with Crippen LogP contribution in [-0.2, 0) is 11.2 Å². The first-order chi connectivity index (χ1) is 15.1. The number of rotatable bonds is 9. The predicted molar refractivity (Wildman–Crippen MR) is 126 cm³/mol. The molecule has 8 heteroatoms. The summed E-state index contributed by atoms with van der Waals surface area (Å²) in [5, 5.41) is 3.61. The molecule has 0 radical (unpaired) electrons. The van der Waals surface area contributed by atoms with Gasteiger partial charge in [0.05, 0.1) is 28.8 Å². The van der Waals surface area contributed by atoms with Crippen LogP contribution >= 0.6 is 11.3 Å². The van der Waals surface area contributed by atoms with E-state index in [0.717, 1.165) is 46.0 Å². The number of carbonyl (C=O) groups is 1. The minimum Gasteiger partial charge on any atom is -0.493 e. The molecule has 3 N–H and O–H groups in total. The maximum Gasteiger partial charge on any atom is 0.220 e. The Morgan fingerprint density at radius 3 is 3.03 bits per heavy atom. The van der Waals surface area contributed by atoms with Crippen molar-refractivity contribution in [1.29, 1.82) is 0 Å². The molecule has 1 amide bonds. The van der Waals surface area contributed by atoms with Gasteiger partial charge < -0.3 is 15.4 Å². The first-order valence-corrected chi connectivity index (χ1v) is 11.1. The average Bonchev–Trinajstić information content (AvgIpc) is 3.22. The van der Waals surface area contributed by atoms with Crippen LogP contribution in [0.3, 0.4) is 0 Å². The number of amidine groups is 1. The average molecular weight is 436 g/mol. The first-order valence-electron chi connectivity index (χ1n) is 10.2. The Morgan fingerprint density at radius 1 is 1.29 bits per heavy atom. The Morgan fingerprint density at radius 2 is 2.16 bits per heavy atom. The fraction of sp³-hybridized carbons (Fsp3) is 0.261. The molecule has 0 spiro atoms. The summed E-state index contributed by atoms with van der Waals surface area (Å²) in [6.07, 6.45) is 4.88. The molecular weight excluding hydrogens is 410 g/mol. The fourth-order valence-electron chi connectivity index (χ4n) is 3.55.